The van der Waals surface area contributed by atoms with Crippen LogP contribution in [0, 0.1) is 6.92 Å². The Bertz CT molecular complexity index is 1280. The molecule has 14 heteroatoms. The molecule has 3 aliphatic rings. The number of aromatic nitrogens is 2. The zero-order valence-electron chi connectivity index (χ0n) is 18.8. The molecular formula is C21H22F3N5O5S. The molecule has 0 unspecified atom stereocenters. The van der Waals surface area contributed by atoms with E-state index in [2.05, 4.69) is 9.97 Å². The van der Waals surface area contributed by atoms with E-state index in [0.29, 0.717) is 5.69 Å². The van der Waals surface area contributed by atoms with Crippen LogP contribution in [0.2, 0.25) is 0 Å². The number of alkyl halides is 3. The van der Waals surface area contributed by atoms with Gasteiger partial charge in [-0.15, -0.1) is 0 Å². The number of ether oxygens (including phenoxy) is 2. The van der Waals surface area contributed by atoms with Crippen molar-refractivity contribution in [2.24, 2.45) is 0 Å². The predicted octanol–water partition coefficient (Wildman–Crippen LogP) is 2.42. The molecule has 0 N–H and O–H groups in total. The summed E-state index contributed by atoms with van der Waals surface area (Å²) < 4.78 is 78.1. The molecule has 3 aliphatic heterocycles. The average Bonchev–Trinajstić information content (AvgIpc) is 3.11. The fourth-order valence-corrected chi connectivity index (χ4v) is 5.83. The van der Waals surface area contributed by atoms with Crippen molar-refractivity contribution in [2.75, 3.05) is 42.6 Å². The van der Waals surface area contributed by atoms with E-state index in [1.54, 1.807) is 6.92 Å². The lowest BCUT2D eigenvalue weighted by Gasteiger charge is -2.34. The van der Waals surface area contributed by atoms with Crippen molar-refractivity contribution in [3.05, 3.63) is 35.7 Å². The Labute approximate surface area is 199 Å². The largest absolute Gasteiger partial charge is 0.489 e. The first kappa shape index (κ1) is 23.6. The standard InChI is InChI=1S/C21H22F3N5O5S/c1-12-9-18(21(22,23)24)26-19(25-12)27-5-7-28(8-6-27)35(31,32)14-3-4-15-17(10-14)33-11-16-13(2)34-20(30)29(15)16/h3-4,9-10,13,16H,5-8,11H2,1-2H3/t13-,16+/m1/s1. The summed E-state index contributed by atoms with van der Waals surface area (Å²) in [5.74, 6) is 0.178. The highest BCUT2D eigenvalue weighted by Gasteiger charge is 2.45. The van der Waals surface area contributed by atoms with E-state index in [0.717, 1.165) is 6.07 Å². The fraction of sp³-hybridized carbons (Fsp3) is 0.476. The molecule has 0 saturated carbocycles. The highest BCUT2D eigenvalue weighted by atomic mass is 32.2. The van der Waals surface area contributed by atoms with E-state index >= 15 is 0 Å². The van der Waals surface area contributed by atoms with Gasteiger partial charge in [-0.05, 0) is 32.0 Å². The molecule has 1 amide bonds. The molecule has 1 aromatic carbocycles. The van der Waals surface area contributed by atoms with Crippen molar-refractivity contribution < 1.29 is 35.9 Å². The van der Waals surface area contributed by atoms with Crippen LogP contribution >= 0.6 is 0 Å². The monoisotopic (exact) mass is 513 g/mol. The number of sulfonamides is 1. The molecule has 0 radical (unpaired) electrons. The number of cyclic esters (lactones) is 1. The number of hydrogen-bond donors (Lipinski definition) is 0. The number of piperazine rings is 1. The lowest BCUT2D eigenvalue weighted by Crippen LogP contribution is -2.49. The Morgan fingerprint density at radius 2 is 1.80 bits per heavy atom. The summed E-state index contributed by atoms with van der Waals surface area (Å²) in [4.78, 5) is 22.9. The summed E-state index contributed by atoms with van der Waals surface area (Å²) in [5.41, 5.74) is -0.427. The van der Waals surface area contributed by atoms with Crippen LogP contribution in [-0.4, -0.2) is 73.7 Å². The van der Waals surface area contributed by atoms with Crippen molar-refractivity contribution in [1.29, 1.82) is 0 Å². The Morgan fingerprint density at radius 1 is 1.09 bits per heavy atom. The van der Waals surface area contributed by atoms with E-state index in [9.17, 15) is 26.4 Å². The van der Waals surface area contributed by atoms with Gasteiger partial charge in [0.1, 0.15) is 30.2 Å². The van der Waals surface area contributed by atoms with Gasteiger partial charge in [-0.3, -0.25) is 4.90 Å². The van der Waals surface area contributed by atoms with Crippen LogP contribution in [0.1, 0.15) is 18.3 Å². The Morgan fingerprint density at radius 3 is 2.49 bits per heavy atom. The van der Waals surface area contributed by atoms with Crippen LogP contribution in [0.15, 0.2) is 29.2 Å². The lowest BCUT2D eigenvalue weighted by atomic mass is 10.1. The number of carbonyl (C=O) groups excluding carboxylic acids is 1. The lowest BCUT2D eigenvalue weighted by molar-refractivity contribution is -0.141. The Balaban J connectivity index is 1.33. The number of rotatable bonds is 3. The first-order valence-electron chi connectivity index (χ1n) is 10.9. The summed E-state index contributed by atoms with van der Waals surface area (Å²) in [5, 5.41) is 0. The van der Waals surface area contributed by atoms with E-state index in [4.69, 9.17) is 9.47 Å². The number of amides is 1. The van der Waals surface area contributed by atoms with Gasteiger partial charge in [-0.25, -0.2) is 23.2 Å². The maximum Gasteiger partial charge on any atom is 0.433 e. The second-order valence-corrected chi connectivity index (χ2v) is 10.5. The number of carbonyl (C=O) groups is 1. The van der Waals surface area contributed by atoms with Gasteiger partial charge in [0.15, 0.2) is 0 Å². The highest BCUT2D eigenvalue weighted by molar-refractivity contribution is 7.89. The maximum atomic E-state index is 13.3. The maximum absolute atomic E-state index is 13.3. The molecule has 188 valence electrons. The first-order valence-corrected chi connectivity index (χ1v) is 12.3. The van der Waals surface area contributed by atoms with Crippen LogP contribution < -0.4 is 14.5 Å². The van der Waals surface area contributed by atoms with Gasteiger partial charge in [0.2, 0.25) is 16.0 Å². The molecule has 0 bridgehead atoms. The zero-order chi connectivity index (χ0) is 25.1. The SMILES string of the molecule is Cc1cc(C(F)(F)F)nc(N2CCN(S(=O)(=O)c3ccc4c(c3)OC[C@H]3[C@@H](C)OC(=O)N43)CC2)n1. The molecule has 0 spiro atoms. The highest BCUT2D eigenvalue weighted by Crippen LogP contribution is 2.40. The average molecular weight is 513 g/mol. The quantitative estimate of drug-likeness (QED) is 0.617. The Hall–Kier alpha value is -3.13. The minimum atomic E-state index is -4.61. The van der Waals surface area contributed by atoms with Gasteiger partial charge in [0.05, 0.1) is 10.6 Å². The van der Waals surface area contributed by atoms with Crippen molar-refractivity contribution >= 4 is 27.8 Å². The summed E-state index contributed by atoms with van der Waals surface area (Å²) in [6.07, 6.45) is -5.46. The van der Waals surface area contributed by atoms with Crippen LogP contribution in [0.3, 0.4) is 0 Å². The van der Waals surface area contributed by atoms with Crippen molar-refractivity contribution in [3.63, 3.8) is 0 Å². The van der Waals surface area contributed by atoms with Crippen LogP contribution in [0.25, 0.3) is 0 Å². The predicted molar refractivity (Wildman–Crippen MR) is 117 cm³/mol. The third-order valence-electron chi connectivity index (χ3n) is 6.25. The van der Waals surface area contributed by atoms with Crippen LogP contribution in [-0.2, 0) is 20.9 Å². The molecule has 2 saturated heterocycles. The molecular weight excluding hydrogens is 491 g/mol. The summed E-state index contributed by atoms with van der Waals surface area (Å²) in [7, 11) is -3.92. The molecule has 2 atom stereocenters. The number of aryl methyl sites for hydroxylation is 1. The Kier molecular flexibility index (Phi) is 5.55. The van der Waals surface area contributed by atoms with Gasteiger partial charge in [-0.2, -0.15) is 17.5 Å². The molecule has 0 aliphatic carbocycles. The number of anilines is 2. The van der Waals surface area contributed by atoms with E-state index < -0.39 is 28.0 Å². The van der Waals surface area contributed by atoms with E-state index in [-0.39, 0.29) is 67.2 Å². The van der Waals surface area contributed by atoms with Gasteiger partial charge < -0.3 is 14.4 Å². The number of benzene rings is 1. The van der Waals surface area contributed by atoms with Crippen molar-refractivity contribution in [2.45, 2.75) is 37.1 Å². The molecule has 2 fully saturated rings. The third kappa shape index (κ3) is 4.14. The van der Waals surface area contributed by atoms with Gasteiger partial charge >= 0.3 is 12.3 Å². The van der Waals surface area contributed by atoms with Gasteiger partial charge in [0, 0.05) is 37.9 Å². The smallest absolute Gasteiger partial charge is 0.433 e. The van der Waals surface area contributed by atoms with Gasteiger partial charge in [0.25, 0.3) is 0 Å². The van der Waals surface area contributed by atoms with Crippen molar-refractivity contribution in [3.8, 4) is 5.75 Å². The minimum absolute atomic E-state index is 0.00470. The normalized spacial score (nSPS) is 22.9. The van der Waals surface area contributed by atoms with Crippen LogP contribution in [0.5, 0.6) is 5.75 Å². The number of halogens is 3. The topological polar surface area (TPSA) is 105 Å². The summed E-state index contributed by atoms with van der Waals surface area (Å²) >= 11 is 0. The molecule has 5 rings (SSSR count). The summed E-state index contributed by atoms with van der Waals surface area (Å²) in [6.45, 7) is 3.72. The number of hydrogen-bond acceptors (Lipinski definition) is 8. The number of nitrogens with zero attached hydrogens (tertiary/aromatic N) is 5. The van der Waals surface area contributed by atoms with Gasteiger partial charge in [-0.1, -0.05) is 0 Å². The van der Waals surface area contributed by atoms with Crippen molar-refractivity contribution in [1.82, 2.24) is 14.3 Å². The first-order chi connectivity index (χ1) is 16.4. The van der Waals surface area contributed by atoms with Crippen LogP contribution in [0.4, 0.5) is 29.6 Å². The van der Waals surface area contributed by atoms with E-state index in [1.165, 1.54) is 39.2 Å². The summed E-state index contributed by atoms with van der Waals surface area (Å²) in [6, 6.07) is 4.88. The van der Waals surface area contributed by atoms with E-state index in [1.807, 2.05) is 0 Å². The molecule has 35 heavy (non-hydrogen) atoms. The zero-order valence-corrected chi connectivity index (χ0v) is 19.6. The second-order valence-electron chi connectivity index (χ2n) is 8.55. The third-order valence-corrected chi connectivity index (χ3v) is 8.14. The molecule has 10 nitrogen and oxygen atoms in total. The second kappa shape index (κ2) is 8.22. The molecule has 4 heterocycles. The fourth-order valence-electron chi connectivity index (χ4n) is 4.39. The molecule has 2 aromatic rings. The molecule has 1 aromatic heterocycles. The minimum Gasteiger partial charge on any atom is -0.489 e. The number of fused-ring (bicyclic) bond motifs is 3.